The predicted molar refractivity (Wildman–Crippen MR) is 154 cm³/mol. The topological polar surface area (TPSA) is 121 Å². The number of anilines is 3. The van der Waals surface area contributed by atoms with Crippen molar-refractivity contribution in [3.05, 3.63) is 113 Å². The number of hydrogen-bond acceptors (Lipinski definition) is 5. The second kappa shape index (κ2) is 10.9. The van der Waals surface area contributed by atoms with Gasteiger partial charge in [-0.1, -0.05) is 29.8 Å². The van der Waals surface area contributed by atoms with Crippen molar-refractivity contribution in [2.45, 2.75) is 37.5 Å². The largest absolute Gasteiger partial charge is 0.322 e. The van der Waals surface area contributed by atoms with Crippen molar-refractivity contribution in [3.63, 3.8) is 0 Å². The fraction of sp³-hybridized carbons (Fsp3) is 0.138. The standard InChI is InChI=1S/C29H29N3O5S2/c1-19-5-10-25(11-6-19)31-38(34,35)27-15-13-24(14-16-27)30-29(33)23-9-7-21(3)28(18-23)39(36,37)32-26-12-8-20(2)22(4)17-26/h5-18,31-32H,1-4H3,(H,30,33). The molecule has 0 aliphatic heterocycles. The highest BCUT2D eigenvalue weighted by atomic mass is 32.2. The summed E-state index contributed by atoms with van der Waals surface area (Å²) in [5, 5.41) is 2.68. The van der Waals surface area contributed by atoms with Crippen LogP contribution in [0.4, 0.5) is 17.1 Å². The lowest BCUT2D eigenvalue weighted by Crippen LogP contribution is -2.17. The van der Waals surface area contributed by atoms with Crippen LogP contribution in [-0.4, -0.2) is 22.7 Å². The summed E-state index contributed by atoms with van der Waals surface area (Å²) in [7, 11) is -7.77. The molecule has 39 heavy (non-hydrogen) atoms. The third-order valence-electron chi connectivity index (χ3n) is 6.23. The molecular weight excluding hydrogens is 534 g/mol. The van der Waals surface area contributed by atoms with Gasteiger partial charge in [-0.05, 0) is 105 Å². The molecule has 0 saturated heterocycles. The van der Waals surface area contributed by atoms with E-state index in [1.807, 2.05) is 26.8 Å². The van der Waals surface area contributed by atoms with Gasteiger partial charge in [0.25, 0.3) is 26.0 Å². The van der Waals surface area contributed by atoms with E-state index in [-0.39, 0.29) is 15.4 Å². The van der Waals surface area contributed by atoms with E-state index in [1.165, 1.54) is 36.4 Å². The lowest BCUT2D eigenvalue weighted by atomic mass is 10.1. The molecule has 0 fully saturated rings. The number of sulfonamides is 2. The molecule has 4 aromatic carbocycles. The van der Waals surface area contributed by atoms with E-state index in [0.29, 0.717) is 22.6 Å². The predicted octanol–water partition coefficient (Wildman–Crippen LogP) is 5.77. The number of aryl methyl sites for hydroxylation is 4. The molecule has 8 nitrogen and oxygen atoms in total. The van der Waals surface area contributed by atoms with Crippen molar-refractivity contribution in [1.29, 1.82) is 0 Å². The van der Waals surface area contributed by atoms with Crippen LogP contribution in [0.3, 0.4) is 0 Å². The first kappa shape index (κ1) is 27.9. The maximum Gasteiger partial charge on any atom is 0.262 e. The summed E-state index contributed by atoms with van der Waals surface area (Å²) in [6.45, 7) is 7.39. The van der Waals surface area contributed by atoms with Crippen LogP contribution in [0.2, 0.25) is 0 Å². The maximum absolute atomic E-state index is 13.1. The van der Waals surface area contributed by atoms with Gasteiger partial charge in [-0.25, -0.2) is 16.8 Å². The summed E-state index contributed by atoms with van der Waals surface area (Å²) in [6.07, 6.45) is 0. The first-order valence-corrected chi connectivity index (χ1v) is 15.0. The number of carbonyl (C=O) groups excluding carboxylic acids is 1. The fourth-order valence-corrected chi connectivity index (χ4v) is 6.18. The average Bonchev–Trinajstić information content (AvgIpc) is 2.88. The van der Waals surface area contributed by atoms with E-state index >= 15 is 0 Å². The van der Waals surface area contributed by atoms with E-state index in [2.05, 4.69) is 14.8 Å². The zero-order valence-corrected chi connectivity index (χ0v) is 23.6. The Hall–Kier alpha value is -4.15. The number of amides is 1. The highest BCUT2D eigenvalue weighted by molar-refractivity contribution is 7.93. The smallest absolute Gasteiger partial charge is 0.262 e. The third-order valence-corrected chi connectivity index (χ3v) is 9.15. The molecule has 0 heterocycles. The Labute approximate surface area is 229 Å². The Morgan fingerprint density at radius 1 is 0.564 bits per heavy atom. The molecule has 0 bridgehead atoms. The minimum absolute atomic E-state index is 0.0167. The normalized spacial score (nSPS) is 11.6. The molecule has 0 aliphatic rings. The minimum Gasteiger partial charge on any atom is -0.322 e. The molecule has 0 radical (unpaired) electrons. The van der Waals surface area contributed by atoms with Gasteiger partial charge in [0.1, 0.15) is 0 Å². The second-order valence-corrected chi connectivity index (χ2v) is 12.7. The zero-order chi connectivity index (χ0) is 28.4. The van der Waals surface area contributed by atoms with Gasteiger partial charge in [0.15, 0.2) is 0 Å². The summed E-state index contributed by atoms with van der Waals surface area (Å²) in [4.78, 5) is 13.0. The van der Waals surface area contributed by atoms with Crippen molar-refractivity contribution < 1.29 is 21.6 Å². The molecule has 0 aromatic heterocycles. The summed E-state index contributed by atoms with van der Waals surface area (Å²) < 4.78 is 56.8. The van der Waals surface area contributed by atoms with Gasteiger partial charge in [0.05, 0.1) is 9.79 Å². The van der Waals surface area contributed by atoms with Crippen LogP contribution in [-0.2, 0) is 20.0 Å². The quantitative estimate of drug-likeness (QED) is 0.251. The molecular formula is C29H29N3O5S2. The fourth-order valence-electron chi connectivity index (χ4n) is 3.80. The van der Waals surface area contributed by atoms with Gasteiger partial charge in [-0.2, -0.15) is 0 Å². The molecule has 0 atom stereocenters. The van der Waals surface area contributed by atoms with Gasteiger partial charge in [-0.3, -0.25) is 14.2 Å². The maximum atomic E-state index is 13.1. The highest BCUT2D eigenvalue weighted by Crippen LogP contribution is 2.24. The van der Waals surface area contributed by atoms with Crippen LogP contribution < -0.4 is 14.8 Å². The second-order valence-electron chi connectivity index (χ2n) is 9.33. The van der Waals surface area contributed by atoms with E-state index in [1.54, 1.807) is 49.4 Å². The van der Waals surface area contributed by atoms with Gasteiger partial charge in [-0.15, -0.1) is 0 Å². The molecule has 4 aromatic rings. The Morgan fingerprint density at radius 2 is 1.13 bits per heavy atom. The number of benzene rings is 4. The summed E-state index contributed by atoms with van der Waals surface area (Å²) in [6, 6.07) is 22.3. The molecule has 202 valence electrons. The summed E-state index contributed by atoms with van der Waals surface area (Å²) >= 11 is 0. The van der Waals surface area contributed by atoms with Gasteiger partial charge >= 0.3 is 0 Å². The molecule has 0 spiro atoms. The Kier molecular flexibility index (Phi) is 7.80. The highest BCUT2D eigenvalue weighted by Gasteiger charge is 2.20. The van der Waals surface area contributed by atoms with Crippen molar-refractivity contribution >= 4 is 43.0 Å². The van der Waals surface area contributed by atoms with Crippen molar-refractivity contribution in [3.8, 4) is 0 Å². The van der Waals surface area contributed by atoms with Gasteiger partial charge < -0.3 is 5.32 Å². The Balaban J connectivity index is 1.49. The lowest BCUT2D eigenvalue weighted by Gasteiger charge is -2.13. The van der Waals surface area contributed by atoms with Crippen LogP contribution in [0.1, 0.15) is 32.6 Å². The van der Waals surface area contributed by atoms with Crippen LogP contribution in [0.15, 0.2) is 94.7 Å². The number of nitrogens with one attached hydrogen (secondary N) is 3. The molecule has 3 N–H and O–H groups in total. The van der Waals surface area contributed by atoms with E-state index < -0.39 is 26.0 Å². The van der Waals surface area contributed by atoms with Crippen LogP contribution in [0.25, 0.3) is 0 Å². The van der Waals surface area contributed by atoms with E-state index in [4.69, 9.17) is 0 Å². The first-order valence-electron chi connectivity index (χ1n) is 12.1. The minimum atomic E-state index is -3.96. The van der Waals surface area contributed by atoms with Crippen molar-refractivity contribution in [1.82, 2.24) is 0 Å². The average molecular weight is 564 g/mol. The van der Waals surface area contributed by atoms with Gasteiger partial charge in [0, 0.05) is 22.6 Å². The Bertz CT molecular complexity index is 1750. The lowest BCUT2D eigenvalue weighted by molar-refractivity contribution is 0.102. The van der Waals surface area contributed by atoms with Crippen LogP contribution in [0, 0.1) is 27.7 Å². The molecule has 0 unspecified atom stereocenters. The molecule has 0 saturated carbocycles. The number of hydrogen-bond donors (Lipinski definition) is 3. The Morgan fingerprint density at radius 3 is 1.77 bits per heavy atom. The monoisotopic (exact) mass is 563 g/mol. The van der Waals surface area contributed by atoms with Crippen LogP contribution in [0.5, 0.6) is 0 Å². The van der Waals surface area contributed by atoms with Crippen molar-refractivity contribution in [2.24, 2.45) is 0 Å². The number of carbonyl (C=O) groups is 1. The summed E-state index contributed by atoms with van der Waals surface area (Å²) in [5.74, 6) is -0.536. The zero-order valence-electron chi connectivity index (χ0n) is 21.9. The third kappa shape index (κ3) is 6.65. The van der Waals surface area contributed by atoms with Crippen molar-refractivity contribution in [2.75, 3.05) is 14.8 Å². The number of rotatable bonds is 8. The molecule has 4 rings (SSSR count). The molecule has 1 amide bonds. The van der Waals surface area contributed by atoms with E-state index in [0.717, 1.165) is 16.7 Å². The van der Waals surface area contributed by atoms with Crippen LogP contribution >= 0.6 is 0 Å². The van der Waals surface area contributed by atoms with E-state index in [9.17, 15) is 21.6 Å². The molecule has 0 aliphatic carbocycles. The molecule has 10 heteroatoms. The first-order chi connectivity index (χ1) is 18.3. The summed E-state index contributed by atoms with van der Waals surface area (Å²) in [5.41, 5.74) is 4.85. The SMILES string of the molecule is Cc1ccc(NS(=O)(=O)c2ccc(NC(=O)c3ccc(C)c(S(=O)(=O)Nc4ccc(C)c(C)c4)c3)cc2)cc1. The van der Waals surface area contributed by atoms with Gasteiger partial charge in [0.2, 0.25) is 0 Å².